The number of rotatable bonds is 3. The molecule has 0 amide bonds. The quantitative estimate of drug-likeness (QED) is 0.818. The zero-order chi connectivity index (χ0) is 12.3. The van der Waals surface area contributed by atoms with E-state index in [1.807, 2.05) is 0 Å². The minimum Gasteiger partial charge on any atom is -0.508 e. The van der Waals surface area contributed by atoms with Crippen molar-refractivity contribution in [2.45, 2.75) is 6.54 Å². The molecule has 0 unspecified atom stereocenters. The van der Waals surface area contributed by atoms with Gasteiger partial charge in [0.25, 0.3) is 0 Å². The summed E-state index contributed by atoms with van der Waals surface area (Å²) in [6.45, 7) is 3.55. The van der Waals surface area contributed by atoms with E-state index in [9.17, 15) is 9.90 Å². The second-order valence-corrected chi connectivity index (χ2v) is 4.04. The monoisotopic (exact) mass is 237 g/mol. The van der Waals surface area contributed by atoms with Gasteiger partial charge in [0.15, 0.2) is 0 Å². The van der Waals surface area contributed by atoms with Crippen molar-refractivity contribution < 1.29 is 19.7 Å². The first-order valence-corrected chi connectivity index (χ1v) is 5.52. The van der Waals surface area contributed by atoms with Crippen LogP contribution in [0.3, 0.4) is 0 Å². The molecule has 1 aromatic rings. The molecule has 0 radical (unpaired) electrons. The van der Waals surface area contributed by atoms with Crippen LogP contribution in [0.2, 0.25) is 0 Å². The molecule has 1 saturated heterocycles. The molecular formula is C12H15NO4. The van der Waals surface area contributed by atoms with Gasteiger partial charge in [-0.1, -0.05) is 6.07 Å². The summed E-state index contributed by atoms with van der Waals surface area (Å²) < 4.78 is 5.24. The van der Waals surface area contributed by atoms with Crippen molar-refractivity contribution in [3.05, 3.63) is 29.3 Å². The van der Waals surface area contributed by atoms with E-state index in [0.717, 1.165) is 18.7 Å². The third-order valence-electron chi connectivity index (χ3n) is 2.82. The highest BCUT2D eigenvalue weighted by Crippen LogP contribution is 2.18. The van der Waals surface area contributed by atoms with Gasteiger partial charge in [0.05, 0.1) is 18.8 Å². The van der Waals surface area contributed by atoms with Crippen LogP contribution in [0.1, 0.15) is 15.9 Å². The van der Waals surface area contributed by atoms with E-state index < -0.39 is 5.97 Å². The SMILES string of the molecule is O=C(O)c1cc(O)ccc1CN1CCOCC1. The Kier molecular flexibility index (Phi) is 3.61. The summed E-state index contributed by atoms with van der Waals surface area (Å²) in [5.74, 6) is -1.03. The number of phenols is 1. The lowest BCUT2D eigenvalue weighted by Crippen LogP contribution is -2.36. The van der Waals surface area contributed by atoms with Crippen molar-refractivity contribution in [2.24, 2.45) is 0 Å². The van der Waals surface area contributed by atoms with Crippen molar-refractivity contribution in [3.63, 3.8) is 0 Å². The van der Waals surface area contributed by atoms with Crippen LogP contribution in [0.15, 0.2) is 18.2 Å². The predicted molar refractivity (Wildman–Crippen MR) is 61.2 cm³/mol. The third-order valence-corrected chi connectivity index (χ3v) is 2.82. The maximum Gasteiger partial charge on any atom is 0.336 e. The zero-order valence-corrected chi connectivity index (χ0v) is 9.43. The van der Waals surface area contributed by atoms with E-state index >= 15 is 0 Å². The zero-order valence-electron chi connectivity index (χ0n) is 9.43. The molecular weight excluding hydrogens is 222 g/mol. The number of benzene rings is 1. The highest BCUT2D eigenvalue weighted by molar-refractivity contribution is 5.89. The standard InChI is InChI=1S/C12H15NO4/c14-10-2-1-9(11(7-10)12(15)16)8-13-3-5-17-6-4-13/h1-2,7,14H,3-6,8H2,(H,15,16). The van der Waals surface area contributed by atoms with Crippen LogP contribution in [0.5, 0.6) is 5.75 Å². The number of nitrogens with zero attached hydrogens (tertiary/aromatic N) is 1. The average Bonchev–Trinajstić information content (AvgIpc) is 2.32. The summed E-state index contributed by atoms with van der Waals surface area (Å²) in [6, 6.07) is 4.47. The second-order valence-electron chi connectivity index (χ2n) is 4.04. The van der Waals surface area contributed by atoms with Gasteiger partial charge in [0, 0.05) is 19.6 Å². The van der Waals surface area contributed by atoms with E-state index in [1.165, 1.54) is 12.1 Å². The smallest absolute Gasteiger partial charge is 0.336 e. The fourth-order valence-electron chi connectivity index (χ4n) is 1.90. The number of phenolic OH excluding ortho intramolecular Hbond substituents is 1. The summed E-state index contributed by atoms with van der Waals surface area (Å²) >= 11 is 0. The maximum atomic E-state index is 11.1. The molecule has 5 nitrogen and oxygen atoms in total. The Morgan fingerprint density at radius 2 is 2.06 bits per heavy atom. The van der Waals surface area contributed by atoms with E-state index in [1.54, 1.807) is 6.07 Å². The van der Waals surface area contributed by atoms with Gasteiger partial charge in [-0.2, -0.15) is 0 Å². The van der Waals surface area contributed by atoms with Crippen LogP contribution < -0.4 is 0 Å². The molecule has 1 aliphatic rings. The minimum absolute atomic E-state index is 0.0203. The molecule has 0 bridgehead atoms. The summed E-state index contributed by atoms with van der Waals surface area (Å²) in [6.07, 6.45) is 0. The molecule has 0 saturated carbocycles. The number of aromatic hydroxyl groups is 1. The van der Waals surface area contributed by atoms with Gasteiger partial charge in [-0.15, -0.1) is 0 Å². The molecule has 0 aliphatic carbocycles. The van der Waals surface area contributed by atoms with Crippen molar-refractivity contribution in [3.8, 4) is 5.75 Å². The van der Waals surface area contributed by atoms with Crippen LogP contribution in [0.4, 0.5) is 0 Å². The lowest BCUT2D eigenvalue weighted by molar-refractivity contribution is 0.0339. The summed E-state index contributed by atoms with van der Waals surface area (Å²) in [5.41, 5.74) is 0.883. The summed E-state index contributed by atoms with van der Waals surface area (Å²) in [4.78, 5) is 13.2. The number of carboxylic acids is 1. The van der Waals surface area contributed by atoms with Crippen LogP contribution >= 0.6 is 0 Å². The van der Waals surface area contributed by atoms with Crippen molar-refractivity contribution in [2.75, 3.05) is 26.3 Å². The second kappa shape index (κ2) is 5.16. The van der Waals surface area contributed by atoms with Crippen LogP contribution in [0, 0.1) is 0 Å². The Labute approximate surface area is 99.2 Å². The van der Waals surface area contributed by atoms with E-state index in [4.69, 9.17) is 9.84 Å². The first-order chi connectivity index (χ1) is 8.16. The van der Waals surface area contributed by atoms with Crippen LogP contribution in [-0.2, 0) is 11.3 Å². The third kappa shape index (κ3) is 2.95. The Bertz CT molecular complexity index is 413. The lowest BCUT2D eigenvalue weighted by Gasteiger charge is -2.27. The summed E-state index contributed by atoms with van der Waals surface area (Å²) in [7, 11) is 0. The maximum absolute atomic E-state index is 11.1. The van der Waals surface area contributed by atoms with E-state index in [-0.39, 0.29) is 11.3 Å². The molecule has 0 atom stereocenters. The number of hydrogen-bond acceptors (Lipinski definition) is 4. The van der Waals surface area contributed by atoms with Crippen molar-refractivity contribution >= 4 is 5.97 Å². The normalized spacial score (nSPS) is 16.9. The Morgan fingerprint density at radius 3 is 2.71 bits per heavy atom. The topological polar surface area (TPSA) is 70.0 Å². The minimum atomic E-state index is -1.01. The van der Waals surface area contributed by atoms with Gasteiger partial charge in [-0.25, -0.2) is 4.79 Å². The van der Waals surface area contributed by atoms with Gasteiger partial charge in [-0.3, -0.25) is 4.90 Å². The molecule has 2 rings (SSSR count). The molecule has 1 aromatic carbocycles. The first-order valence-electron chi connectivity index (χ1n) is 5.52. The molecule has 1 heterocycles. The number of hydrogen-bond donors (Lipinski definition) is 2. The van der Waals surface area contributed by atoms with Gasteiger partial charge in [0.1, 0.15) is 5.75 Å². The van der Waals surface area contributed by atoms with Gasteiger partial charge in [0.2, 0.25) is 0 Å². The average molecular weight is 237 g/mol. The molecule has 92 valence electrons. The number of aromatic carboxylic acids is 1. The Hall–Kier alpha value is -1.59. The Balaban J connectivity index is 2.16. The number of carboxylic acid groups (broad SMARTS) is 1. The van der Waals surface area contributed by atoms with E-state index in [2.05, 4.69) is 4.90 Å². The number of morpholine rings is 1. The molecule has 2 N–H and O–H groups in total. The van der Waals surface area contributed by atoms with Gasteiger partial charge >= 0.3 is 5.97 Å². The molecule has 0 aromatic heterocycles. The van der Waals surface area contributed by atoms with Crippen LogP contribution in [-0.4, -0.2) is 47.4 Å². The van der Waals surface area contributed by atoms with Crippen LogP contribution in [0.25, 0.3) is 0 Å². The highest BCUT2D eigenvalue weighted by atomic mass is 16.5. The van der Waals surface area contributed by atoms with Crippen molar-refractivity contribution in [1.82, 2.24) is 4.90 Å². The Morgan fingerprint density at radius 1 is 1.35 bits per heavy atom. The molecule has 1 aliphatic heterocycles. The van der Waals surface area contributed by atoms with Crippen molar-refractivity contribution in [1.29, 1.82) is 0 Å². The molecule has 17 heavy (non-hydrogen) atoms. The predicted octanol–water partition coefficient (Wildman–Crippen LogP) is 0.923. The van der Waals surface area contributed by atoms with E-state index in [0.29, 0.717) is 19.8 Å². The number of ether oxygens (including phenoxy) is 1. The van der Waals surface area contributed by atoms with Gasteiger partial charge < -0.3 is 14.9 Å². The molecule has 0 spiro atoms. The fourth-order valence-corrected chi connectivity index (χ4v) is 1.90. The highest BCUT2D eigenvalue weighted by Gasteiger charge is 2.16. The largest absolute Gasteiger partial charge is 0.508 e. The summed E-state index contributed by atoms with van der Waals surface area (Å²) in [5, 5.41) is 18.4. The lowest BCUT2D eigenvalue weighted by atomic mass is 10.1. The number of carbonyl (C=O) groups is 1. The molecule has 5 heteroatoms. The van der Waals surface area contributed by atoms with Gasteiger partial charge in [-0.05, 0) is 17.7 Å². The molecule has 1 fully saturated rings. The first kappa shape index (κ1) is 11.9. The fraction of sp³-hybridized carbons (Fsp3) is 0.417.